The minimum Gasteiger partial charge on any atom is -0.444 e. The Balaban J connectivity index is 2.05. The van der Waals surface area contributed by atoms with Crippen LogP contribution in [0.5, 0.6) is 0 Å². The second kappa shape index (κ2) is 10.2. The van der Waals surface area contributed by atoms with Crippen molar-refractivity contribution >= 4 is 12.0 Å². The van der Waals surface area contributed by atoms with Gasteiger partial charge in [0.1, 0.15) is 17.2 Å². The van der Waals surface area contributed by atoms with E-state index in [1.165, 1.54) is 0 Å². The number of likely N-dealkylation sites (tertiary alicyclic amines) is 1. The molecule has 2 aliphatic heterocycles. The molecule has 1 amide bonds. The Morgan fingerprint density at radius 3 is 2.51 bits per heavy atom. The molecule has 0 radical (unpaired) electrons. The van der Waals surface area contributed by atoms with Gasteiger partial charge in [-0.25, -0.2) is 4.79 Å². The lowest BCUT2D eigenvalue weighted by atomic mass is 9.60. The molecule has 2 heterocycles. The third-order valence-electron chi connectivity index (χ3n) is 6.43. The predicted octanol–water partition coefficient (Wildman–Crippen LogP) is 3.23. The minimum atomic E-state index is -1.17. The Kier molecular flexibility index (Phi) is 7.62. The van der Waals surface area contributed by atoms with E-state index in [9.17, 15) is 15.2 Å². The first kappa shape index (κ1) is 27.6. The van der Waals surface area contributed by atoms with E-state index in [4.69, 9.17) is 26.4 Å². The van der Waals surface area contributed by atoms with Crippen LogP contribution in [0, 0.1) is 40.4 Å². The molecule has 1 aromatic carbocycles. The highest BCUT2D eigenvalue weighted by atomic mass is 16.6. The summed E-state index contributed by atoms with van der Waals surface area (Å²) in [7, 11) is 0. The molecule has 0 spiro atoms. The Morgan fingerprint density at radius 1 is 1.35 bits per heavy atom. The Bertz CT molecular complexity index is 1280. The van der Waals surface area contributed by atoms with Gasteiger partial charge in [0.05, 0.1) is 17.9 Å². The van der Waals surface area contributed by atoms with Gasteiger partial charge in [0.15, 0.2) is 0 Å². The standard InChI is InChI=1S/C28H35N5O4/c1-16(2)28(22(12-29)24(31)36-25(32)23(28)17(3)30)21-10-18(9-20(11-21)15-34)7-8-19-13-33(14-19)26(35)37-27(4,5)6/h9-11,16,19,32,34H,13-15,30-31H2,1-6H3/b23-17+,32-25?. The van der Waals surface area contributed by atoms with Gasteiger partial charge in [-0.15, -0.1) is 0 Å². The summed E-state index contributed by atoms with van der Waals surface area (Å²) in [5.74, 6) is 5.73. The number of nitrogens with one attached hydrogen (secondary N) is 1. The van der Waals surface area contributed by atoms with Crippen LogP contribution in [0.1, 0.15) is 58.2 Å². The topological polar surface area (TPSA) is 159 Å². The second-order valence-electron chi connectivity index (χ2n) is 10.7. The van der Waals surface area contributed by atoms with Crippen LogP contribution in [0.25, 0.3) is 0 Å². The maximum Gasteiger partial charge on any atom is 0.410 e. The highest BCUT2D eigenvalue weighted by molar-refractivity contribution is 5.98. The van der Waals surface area contributed by atoms with Gasteiger partial charge in [-0.2, -0.15) is 5.26 Å². The number of aliphatic hydroxyl groups excluding tert-OH is 1. The van der Waals surface area contributed by atoms with E-state index in [1.807, 2.05) is 40.7 Å². The smallest absolute Gasteiger partial charge is 0.410 e. The van der Waals surface area contributed by atoms with Gasteiger partial charge in [-0.3, -0.25) is 5.41 Å². The summed E-state index contributed by atoms with van der Waals surface area (Å²) < 4.78 is 10.8. The van der Waals surface area contributed by atoms with Gasteiger partial charge < -0.3 is 30.9 Å². The van der Waals surface area contributed by atoms with E-state index < -0.39 is 11.0 Å². The average molecular weight is 506 g/mol. The zero-order chi connectivity index (χ0) is 27.7. The summed E-state index contributed by atoms with van der Waals surface area (Å²) in [6.45, 7) is 11.7. The second-order valence-corrected chi connectivity index (χ2v) is 10.7. The Morgan fingerprint density at radius 2 is 2.00 bits per heavy atom. The largest absolute Gasteiger partial charge is 0.444 e. The summed E-state index contributed by atoms with van der Waals surface area (Å²) >= 11 is 0. The lowest BCUT2D eigenvalue weighted by Crippen LogP contribution is -2.51. The van der Waals surface area contributed by atoms with Crippen molar-refractivity contribution in [1.82, 2.24) is 4.90 Å². The van der Waals surface area contributed by atoms with Gasteiger partial charge in [0, 0.05) is 29.9 Å². The van der Waals surface area contributed by atoms with E-state index in [2.05, 4.69) is 17.9 Å². The molecule has 0 aromatic heterocycles. The Hall–Kier alpha value is -3.95. The maximum absolute atomic E-state index is 12.2. The number of ether oxygens (including phenoxy) is 2. The number of hydrogen-bond donors (Lipinski definition) is 4. The molecule has 0 bridgehead atoms. The summed E-state index contributed by atoms with van der Waals surface area (Å²) in [4.78, 5) is 13.8. The van der Waals surface area contributed by atoms with Crippen molar-refractivity contribution in [3.63, 3.8) is 0 Å². The van der Waals surface area contributed by atoms with Crippen molar-refractivity contribution in [3.8, 4) is 17.9 Å². The number of benzene rings is 1. The highest BCUT2D eigenvalue weighted by Gasteiger charge is 2.51. The van der Waals surface area contributed by atoms with E-state index >= 15 is 0 Å². The summed E-state index contributed by atoms with van der Waals surface area (Å²) in [6, 6.07) is 7.58. The van der Waals surface area contributed by atoms with Crippen LogP contribution in [-0.4, -0.2) is 40.7 Å². The van der Waals surface area contributed by atoms with Crippen molar-refractivity contribution in [2.45, 2.75) is 59.2 Å². The van der Waals surface area contributed by atoms with Crippen molar-refractivity contribution < 1.29 is 19.4 Å². The third kappa shape index (κ3) is 5.28. The molecule has 1 fully saturated rings. The summed E-state index contributed by atoms with van der Waals surface area (Å²) in [5.41, 5.74) is 13.3. The van der Waals surface area contributed by atoms with Crippen molar-refractivity contribution in [2.24, 2.45) is 23.3 Å². The number of nitrogens with zero attached hydrogens (tertiary/aromatic N) is 2. The first-order valence-corrected chi connectivity index (χ1v) is 12.1. The molecule has 37 heavy (non-hydrogen) atoms. The van der Waals surface area contributed by atoms with E-state index in [0.29, 0.717) is 41.1 Å². The molecule has 1 aromatic rings. The van der Waals surface area contributed by atoms with Gasteiger partial charge in [-0.05, 0) is 56.9 Å². The highest BCUT2D eigenvalue weighted by Crippen LogP contribution is 2.50. The SMILES string of the molecule is C/C(N)=C1/C(=N)OC(N)=C(C#N)C1(c1cc(C#CC2CN(C(=O)OC(C)(C)C)C2)cc(CO)c1)C(C)C. The minimum absolute atomic E-state index is 0.0176. The fourth-order valence-electron chi connectivity index (χ4n) is 4.86. The van der Waals surface area contributed by atoms with Gasteiger partial charge in [0.25, 0.3) is 0 Å². The van der Waals surface area contributed by atoms with E-state index in [-0.39, 0.29) is 41.9 Å². The molecular weight excluding hydrogens is 470 g/mol. The summed E-state index contributed by atoms with van der Waals surface area (Å²) in [6.07, 6.45) is -0.360. The molecule has 0 saturated carbocycles. The van der Waals surface area contributed by atoms with Crippen LogP contribution in [0.2, 0.25) is 0 Å². The number of aliphatic hydroxyl groups is 1. The molecule has 1 unspecified atom stereocenters. The molecule has 9 nitrogen and oxygen atoms in total. The molecule has 3 rings (SSSR count). The molecule has 9 heteroatoms. The van der Waals surface area contributed by atoms with Crippen LogP contribution in [0.4, 0.5) is 4.79 Å². The molecule has 2 aliphatic rings. The maximum atomic E-state index is 12.2. The third-order valence-corrected chi connectivity index (χ3v) is 6.43. The van der Waals surface area contributed by atoms with E-state index in [0.717, 1.165) is 0 Å². The fraction of sp³-hybridized carbons (Fsp3) is 0.464. The molecule has 6 N–H and O–H groups in total. The normalized spacial score (nSPS) is 21.5. The number of nitriles is 1. The monoisotopic (exact) mass is 505 g/mol. The van der Waals surface area contributed by atoms with Crippen LogP contribution < -0.4 is 11.5 Å². The number of amides is 1. The predicted molar refractivity (Wildman–Crippen MR) is 140 cm³/mol. The van der Waals surface area contributed by atoms with Crippen molar-refractivity contribution in [3.05, 3.63) is 57.6 Å². The molecule has 1 atom stereocenters. The number of allylic oxidation sites excluding steroid dienone is 2. The zero-order valence-corrected chi connectivity index (χ0v) is 22.2. The zero-order valence-electron chi connectivity index (χ0n) is 22.2. The molecule has 0 aliphatic carbocycles. The Labute approximate surface area is 218 Å². The number of carbonyl (C=O) groups excluding carboxylic acids is 1. The first-order valence-electron chi connectivity index (χ1n) is 12.1. The molecule has 196 valence electrons. The summed E-state index contributed by atoms with van der Waals surface area (Å²) in [5, 5.41) is 28.6. The first-order chi connectivity index (χ1) is 17.2. The fourth-order valence-corrected chi connectivity index (χ4v) is 4.86. The van der Waals surface area contributed by atoms with Crippen LogP contribution in [0.3, 0.4) is 0 Å². The van der Waals surface area contributed by atoms with Crippen molar-refractivity contribution in [2.75, 3.05) is 13.1 Å². The van der Waals surface area contributed by atoms with Crippen LogP contribution in [0.15, 0.2) is 40.9 Å². The van der Waals surface area contributed by atoms with Crippen LogP contribution >= 0.6 is 0 Å². The lowest BCUT2D eigenvalue weighted by Gasteiger charge is -2.43. The number of nitrogens with two attached hydrogens (primary N) is 2. The average Bonchev–Trinajstić information content (AvgIpc) is 2.75. The quantitative estimate of drug-likeness (QED) is 0.459. The number of rotatable bonds is 3. The van der Waals surface area contributed by atoms with Crippen molar-refractivity contribution in [1.29, 1.82) is 10.7 Å². The van der Waals surface area contributed by atoms with Gasteiger partial charge in [0.2, 0.25) is 11.8 Å². The number of hydrogen-bond acceptors (Lipinski definition) is 8. The van der Waals surface area contributed by atoms with Gasteiger partial charge in [-0.1, -0.05) is 31.8 Å². The lowest BCUT2D eigenvalue weighted by molar-refractivity contribution is 0.00591. The van der Waals surface area contributed by atoms with Gasteiger partial charge >= 0.3 is 6.09 Å². The van der Waals surface area contributed by atoms with E-state index in [1.54, 1.807) is 24.0 Å². The van der Waals surface area contributed by atoms with Crippen LogP contribution in [-0.2, 0) is 21.5 Å². The molecular formula is C28H35N5O4. The number of carbonyl (C=O) groups is 1. The molecule has 1 saturated heterocycles.